The Morgan fingerprint density at radius 1 is 1.53 bits per heavy atom. The summed E-state index contributed by atoms with van der Waals surface area (Å²) in [6.07, 6.45) is 2.36. The molecule has 1 aliphatic rings. The molecule has 0 radical (unpaired) electrons. The number of rotatable bonds is 4. The average molecular weight is 254 g/mol. The highest BCUT2D eigenvalue weighted by Gasteiger charge is 2.26. The van der Waals surface area contributed by atoms with Crippen molar-refractivity contribution in [2.45, 2.75) is 31.4 Å². The van der Waals surface area contributed by atoms with Gasteiger partial charge in [0.25, 0.3) is 0 Å². The zero-order valence-electron chi connectivity index (χ0n) is 10.6. The number of likely N-dealkylation sites (tertiary alicyclic amines) is 1. The lowest BCUT2D eigenvalue weighted by Crippen LogP contribution is -2.45. The van der Waals surface area contributed by atoms with Crippen molar-refractivity contribution in [3.8, 4) is 0 Å². The smallest absolute Gasteiger partial charge is 0.108 e. The van der Waals surface area contributed by atoms with Gasteiger partial charge in [-0.1, -0.05) is 6.07 Å². The summed E-state index contributed by atoms with van der Waals surface area (Å²) in [7, 11) is 2.16. The first-order valence-corrected chi connectivity index (χ1v) is 7.14. The molecule has 0 aromatic carbocycles. The molecule has 2 heterocycles. The van der Waals surface area contributed by atoms with Gasteiger partial charge >= 0.3 is 0 Å². The van der Waals surface area contributed by atoms with Crippen molar-refractivity contribution in [1.82, 2.24) is 10.2 Å². The third-order valence-electron chi connectivity index (χ3n) is 3.51. The van der Waals surface area contributed by atoms with Crippen molar-refractivity contribution in [3.05, 3.63) is 22.4 Å². The maximum absolute atomic E-state index is 10.4. The predicted octanol–water partition coefficient (Wildman–Crippen LogP) is 1.64. The molecule has 17 heavy (non-hydrogen) atoms. The number of hydrogen-bond donors (Lipinski definition) is 2. The van der Waals surface area contributed by atoms with Crippen LogP contribution in [-0.2, 0) is 5.60 Å². The molecule has 1 unspecified atom stereocenters. The van der Waals surface area contributed by atoms with Gasteiger partial charge in [0.15, 0.2) is 0 Å². The molecule has 1 aromatic rings. The van der Waals surface area contributed by atoms with Gasteiger partial charge in [0, 0.05) is 17.5 Å². The second kappa shape index (κ2) is 5.48. The summed E-state index contributed by atoms with van der Waals surface area (Å²) < 4.78 is 0. The molecule has 1 saturated heterocycles. The van der Waals surface area contributed by atoms with Crippen LogP contribution in [0.2, 0.25) is 0 Å². The molecule has 96 valence electrons. The molecule has 4 heteroatoms. The van der Waals surface area contributed by atoms with Crippen molar-refractivity contribution >= 4 is 11.3 Å². The Hall–Kier alpha value is -0.420. The zero-order chi connectivity index (χ0) is 12.3. The van der Waals surface area contributed by atoms with Crippen molar-refractivity contribution in [2.75, 3.05) is 26.7 Å². The Morgan fingerprint density at radius 2 is 2.24 bits per heavy atom. The molecule has 2 rings (SSSR count). The van der Waals surface area contributed by atoms with Crippen LogP contribution in [0.4, 0.5) is 0 Å². The minimum atomic E-state index is -0.739. The molecule has 0 bridgehead atoms. The lowest BCUT2D eigenvalue weighted by Gasteiger charge is -2.32. The Morgan fingerprint density at radius 3 is 2.82 bits per heavy atom. The normalized spacial score (nSPS) is 22.5. The van der Waals surface area contributed by atoms with E-state index >= 15 is 0 Å². The topological polar surface area (TPSA) is 35.5 Å². The van der Waals surface area contributed by atoms with E-state index in [0.29, 0.717) is 12.6 Å². The van der Waals surface area contributed by atoms with Gasteiger partial charge in [-0.25, -0.2) is 0 Å². The van der Waals surface area contributed by atoms with E-state index in [0.717, 1.165) is 18.0 Å². The van der Waals surface area contributed by atoms with Crippen LogP contribution < -0.4 is 5.32 Å². The fourth-order valence-electron chi connectivity index (χ4n) is 2.23. The van der Waals surface area contributed by atoms with Crippen LogP contribution in [0.5, 0.6) is 0 Å². The van der Waals surface area contributed by atoms with Gasteiger partial charge in [0.1, 0.15) is 5.60 Å². The second-order valence-electron chi connectivity index (χ2n) is 5.21. The van der Waals surface area contributed by atoms with Crippen molar-refractivity contribution in [3.63, 3.8) is 0 Å². The summed E-state index contributed by atoms with van der Waals surface area (Å²) in [5.74, 6) is 0. The first-order chi connectivity index (χ1) is 8.08. The molecule has 0 spiro atoms. The van der Waals surface area contributed by atoms with E-state index in [4.69, 9.17) is 0 Å². The lowest BCUT2D eigenvalue weighted by molar-refractivity contribution is 0.0544. The van der Waals surface area contributed by atoms with Crippen LogP contribution >= 0.6 is 11.3 Å². The van der Waals surface area contributed by atoms with Gasteiger partial charge in [0.05, 0.1) is 0 Å². The molecular formula is C13H22N2OS. The first-order valence-electron chi connectivity index (χ1n) is 6.26. The largest absolute Gasteiger partial charge is 0.383 e. The van der Waals surface area contributed by atoms with Gasteiger partial charge in [-0.05, 0) is 51.3 Å². The van der Waals surface area contributed by atoms with Crippen LogP contribution in [0.1, 0.15) is 24.6 Å². The van der Waals surface area contributed by atoms with Crippen LogP contribution in [0.15, 0.2) is 17.5 Å². The standard InChI is InChI=1S/C13H22N2OS/c1-13(16,12-4-3-9-17-12)10-14-11-5-7-15(2)8-6-11/h3-4,9,11,14,16H,5-8,10H2,1-2H3. The molecule has 1 atom stereocenters. The number of piperidine rings is 1. The maximum atomic E-state index is 10.4. The Balaban J connectivity index is 1.81. The third kappa shape index (κ3) is 3.52. The van der Waals surface area contributed by atoms with Crippen LogP contribution in [-0.4, -0.2) is 42.7 Å². The van der Waals surface area contributed by atoms with Crippen LogP contribution in [0, 0.1) is 0 Å². The summed E-state index contributed by atoms with van der Waals surface area (Å²) in [6.45, 7) is 4.83. The molecule has 1 aliphatic heterocycles. The van der Waals surface area contributed by atoms with Crippen molar-refractivity contribution < 1.29 is 5.11 Å². The highest BCUT2D eigenvalue weighted by molar-refractivity contribution is 7.10. The molecule has 2 N–H and O–H groups in total. The lowest BCUT2D eigenvalue weighted by atomic mass is 10.0. The fourth-order valence-corrected chi connectivity index (χ4v) is 3.01. The minimum Gasteiger partial charge on any atom is -0.383 e. The molecular weight excluding hydrogens is 232 g/mol. The maximum Gasteiger partial charge on any atom is 0.108 e. The summed E-state index contributed by atoms with van der Waals surface area (Å²) in [5, 5.41) is 15.9. The monoisotopic (exact) mass is 254 g/mol. The molecule has 1 aromatic heterocycles. The average Bonchev–Trinajstić information content (AvgIpc) is 2.82. The van der Waals surface area contributed by atoms with Gasteiger partial charge in [-0.3, -0.25) is 0 Å². The van der Waals surface area contributed by atoms with E-state index in [-0.39, 0.29) is 0 Å². The summed E-state index contributed by atoms with van der Waals surface area (Å²) in [6, 6.07) is 4.54. The van der Waals surface area contributed by atoms with Gasteiger partial charge in [-0.2, -0.15) is 0 Å². The molecule has 0 saturated carbocycles. The van der Waals surface area contributed by atoms with Gasteiger partial charge in [-0.15, -0.1) is 11.3 Å². The Kier molecular flexibility index (Phi) is 4.20. The highest BCUT2D eigenvalue weighted by Crippen LogP contribution is 2.24. The molecule has 3 nitrogen and oxygen atoms in total. The third-order valence-corrected chi connectivity index (χ3v) is 4.63. The van der Waals surface area contributed by atoms with Gasteiger partial charge < -0.3 is 15.3 Å². The fraction of sp³-hybridized carbons (Fsp3) is 0.692. The number of nitrogens with one attached hydrogen (secondary N) is 1. The highest BCUT2D eigenvalue weighted by atomic mass is 32.1. The summed E-state index contributed by atoms with van der Waals surface area (Å²) in [4.78, 5) is 3.40. The molecule has 0 aliphatic carbocycles. The molecule has 1 fully saturated rings. The number of nitrogens with zero attached hydrogens (tertiary/aromatic N) is 1. The van der Waals surface area contributed by atoms with Crippen LogP contribution in [0.25, 0.3) is 0 Å². The van der Waals surface area contributed by atoms with E-state index in [9.17, 15) is 5.11 Å². The molecule has 0 amide bonds. The first kappa shape index (κ1) is 13.0. The second-order valence-corrected chi connectivity index (χ2v) is 6.16. The van der Waals surface area contributed by atoms with Crippen molar-refractivity contribution in [1.29, 1.82) is 0 Å². The Bertz CT molecular complexity index is 329. The van der Waals surface area contributed by atoms with E-state index in [1.165, 1.54) is 12.8 Å². The minimum absolute atomic E-state index is 0.553. The summed E-state index contributed by atoms with van der Waals surface area (Å²) in [5.41, 5.74) is -0.739. The van der Waals surface area contributed by atoms with E-state index in [1.54, 1.807) is 11.3 Å². The quantitative estimate of drug-likeness (QED) is 0.857. The number of thiophene rings is 1. The SMILES string of the molecule is CN1CCC(NCC(C)(O)c2cccs2)CC1. The number of hydrogen-bond acceptors (Lipinski definition) is 4. The summed E-state index contributed by atoms with van der Waals surface area (Å²) >= 11 is 1.62. The zero-order valence-corrected chi connectivity index (χ0v) is 11.5. The number of aliphatic hydroxyl groups is 1. The van der Waals surface area contributed by atoms with Crippen molar-refractivity contribution in [2.24, 2.45) is 0 Å². The van der Waals surface area contributed by atoms with E-state index in [1.807, 2.05) is 24.4 Å². The van der Waals surface area contributed by atoms with E-state index in [2.05, 4.69) is 17.3 Å². The predicted molar refractivity (Wildman–Crippen MR) is 72.4 cm³/mol. The Labute approximate surface area is 107 Å². The van der Waals surface area contributed by atoms with Crippen LogP contribution in [0.3, 0.4) is 0 Å². The van der Waals surface area contributed by atoms with Gasteiger partial charge in [0.2, 0.25) is 0 Å². The van der Waals surface area contributed by atoms with E-state index < -0.39 is 5.60 Å².